The van der Waals surface area contributed by atoms with E-state index in [2.05, 4.69) is 52.2 Å². The molecule has 0 unspecified atom stereocenters. The van der Waals surface area contributed by atoms with Gasteiger partial charge in [0.15, 0.2) is 0 Å². The van der Waals surface area contributed by atoms with Crippen LogP contribution in [-0.4, -0.2) is 19.2 Å². The molecule has 4 aromatic heterocycles. The van der Waals surface area contributed by atoms with Gasteiger partial charge in [0.2, 0.25) is 0 Å². The molecule has 0 aliphatic carbocycles. The third kappa shape index (κ3) is 1.29. The Hall–Kier alpha value is -2.88. The van der Waals surface area contributed by atoms with E-state index in [0.29, 0.717) is 0 Å². The first-order valence-electron chi connectivity index (χ1n) is 6.92. The normalized spacial score (nSPS) is 12.0. The van der Waals surface area contributed by atoms with Crippen molar-refractivity contribution in [3.63, 3.8) is 0 Å². The minimum atomic E-state index is 0.998. The molecule has 0 spiro atoms. The highest BCUT2D eigenvalue weighted by Gasteiger charge is 2.11. The van der Waals surface area contributed by atoms with Crippen LogP contribution in [0.2, 0.25) is 0 Å². The molecule has 4 heteroatoms. The maximum atomic E-state index is 4.55. The summed E-state index contributed by atoms with van der Waals surface area (Å²) in [6.07, 6.45) is 5.75. The fourth-order valence-electron chi connectivity index (χ4n) is 3.20. The van der Waals surface area contributed by atoms with Gasteiger partial charge in [0.25, 0.3) is 0 Å². The number of hydrogen-bond acceptors (Lipinski definition) is 2. The molecular formula is C17H12N4. The number of aryl methyl sites for hydroxylation is 1. The van der Waals surface area contributed by atoms with Gasteiger partial charge in [0.1, 0.15) is 0 Å². The summed E-state index contributed by atoms with van der Waals surface area (Å²) in [6.45, 7) is 0. The Morgan fingerprint density at radius 2 is 1.86 bits per heavy atom. The van der Waals surface area contributed by atoms with E-state index in [1.807, 2.05) is 29.0 Å². The van der Waals surface area contributed by atoms with Crippen molar-refractivity contribution in [3.8, 4) is 0 Å². The molecule has 100 valence electrons. The monoisotopic (exact) mass is 272 g/mol. The molecule has 0 fully saturated rings. The predicted molar refractivity (Wildman–Crippen MR) is 84.5 cm³/mol. The SMILES string of the molecule is Cn1ccc2cc3c4cccnc4c4ccnn4c3cc21. The molecule has 0 amide bonds. The fourth-order valence-corrected chi connectivity index (χ4v) is 3.20. The van der Waals surface area contributed by atoms with Gasteiger partial charge in [-0.1, -0.05) is 6.07 Å². The van der Waals surface area contributed by atoms with Gasteiger partial charge >= 0.3 is 0 Å². The quantitative estimate of drug-likeness (QED) is 0.404. The highest BCUT2D eigenvalue weighted by molar-refractivity contribution is 6.13. The summed E-state index contributed by atoms with van der Waals surface area (Å²) >= 11 is 0. The summed E-state index contributed by atoms with van der Waals surface area (Å²) in [5.74, 6) is 0. The van der Waals surface area contributed by atoms with Gasteiger partial charge in [-0.2, -0.15) is 5.10 Å². The first-order valence-corrected chi connectivity index (χ1v) is 6.92. The fraction of sp³-hybridized carbons (Fsp3) is 0.0588. The number of pyridine rings is 2. The average Bonchev–Trinajstić information content (AvgIpc) is 3.14. The maximum Gasteiger partial charge on any atom is 0.0966 e. The van der Waals surface area contributed by atoms with Crippen molar-refractivity contribution in [2.24, 2.45) is 7.05 Å². The molecule has 0 saturated carbocycles. The lowest BCUT2D eigenvalue weighted by molar-refractivity contribution is 0.966. The van der Waals surface area contributed by atoms with Crippen LogP contribution < -0.4 is 0 Å². The smallest absolute Gasteiger partial charge is 0.0966 e. The molecule has 0 atom stereocenters. The highest BCUT2D eigenvalue weighted by Crippen LogP contribution is 2.31. The van der Waals surface area contributed by atoms with Crippen molar-refractivity contribution in [1.29, 1.82) is 0 Å². The van der Waals surface area contributed by atoms with Gasteiger partial charge in [0, 0.05) is 41.1 Å². The number of benzene rings is 1. The minimum absolute atomic E-state index is 0.998. The topological polar surface area (TPSA) is 35.1 Å². The van der Waals surface area contributed by atoms with E-state index in [-0.39, 0.29) is 0 Å². The predicted octanol–water partition coefficient (Wildman–Crippen LogP) is 3.53. The molecule has 5 rings (SSSR count). The van der Waals surface area contributed by atoms with Crippen molar-refractivity contribution in [3.05, 3.63) is 55.0 Å². The third-order valence-corrected chi connectivity index (χ3v) is 4.21. The molecular weight excluding hydrogens is 260 g/mol. The van der Waals surface area contributed by atoms with E-state index < -0.39 is 0 Å². The summed E-state index contributed by atoms with van der Waals surface area (Å²) in [4.78, 5) is 4.55. The third-order valence-electron chi connectivity index (χ3n) is 4.21. The van der Waals surface area contributed by atoms with Gasteiger partial charge in [-0.15, -0.1) is 0 Å². The lowest BCUT2D eigenvalue weighted by Gasteiger charge is -2.08. The zero-order chi connectivity index (χ0) is 14.0. The number of aromatic nitrogens is 4. The molecule has 4 heterocycles. The van der Waals surface area contributed by atoms with Crippen LogP contribution in [0.25, 0.3) is 38.2 Å². The van der Waals surface area contributed by atoms with Crippen molar-refractivity contribution in [2.45, 2.75) is 0 Å². The summed E-state index contributed by atoms with van der Waals surface area (Å²) in [5, 5.41) is 8.08. The molecule has 5 aromatic rings. The number of rotatable bonds is 0. The van der Waals surface area contributed by atoms with E-state index in [4.69, 9.17) is 0 Å². The Bertz CT molecular complexity index is 1150. The lowest BCUT2D eigenvalue weighted by atomic mass is 10.1. The molecule has 0 bridgehead atoms. The first kappa shape index (κ1) is 10.9. The first-order chi connectivity index (χ1) is 10.3. The van der Waals surface area contributed by atoms with E-state index in [9.17, 15) is 0 Å². The molecule has 0 aliphatic heterocycles. The summed E-state index contributed by atoms with van der Waals surface area (Å²) in [5.41, 5.74) is 4.37. The van der Waals surface area contributed by atoms with Crippen molar-refractivity contribution < 1.29 is 0 Å². The van der Waals surface area contributed by atoms with Crippen LogP contribution in [0.4, 0.5) is 0 Å². The molecule has 1 aromatic carbocycles. The Morgan fingerprint density at radius 3 is 2.81 bits per heavy atom. The largest absolute Gasteiger partial charge is 0.350 e. The number of nitrogens with zero attached hydrogens (tertiary/aromatic N) is 4. The van der Waals surface area contributed by atoms with Crippen LogP contribution in [0.3, 0.4) is 0 Å². The second kappa shape index (κ2) is 3.61. The lowest BCUT2D eigenvalue weighted by Crippen LogP contribution is -1.94. The van der Waals surface area contributed by atoms with Crippen LogP contribution in [-0.2, 0) is 7.05 Å². The van der Waals surface area contributed by atoms with E-state index in [1.54, 1.807) is 0 Å². The highest BCUT2D eigenvalue weighted by atomic mass is 15.2. The molecule has 0 radical (unpaired) electrons. The Kier molecular flexibility index (Phi) is 1.86. The van der Waals surface area contributed by atoms with Gasteiger partial charge in [0.05, 0.1) is 22.7 Å². The van der Waals surface area contributed by atoms with Crippen molar-refractivity contribution >= 4 is 38.2 Å². The van der Waals surface area contributed by atoms with Crippen molar-refractivity contribution in [1.82, 2.24) is 19.2 Å². The van der Waals surface area contributed by atoms with Crippen molar-refractivity contribution in [2.75, 3.05) is 0 Å². The van der Waals surface area contributed by atoms with Gasteiger partial charge < -0.3 is 4.57 Å². The molecule has 0 N–H and O–H groups in total. The average molecular weight is 272 g/mol. The Labute approximate surface area is 120 Å². The van der Waals surface area contributed by atoms with Crippen LogP contribution in [0.1, 0.15) is 0 Å². The van der Waals surface area contributed by atoms with Crippen LogP contribution in [0, 0.1) is 0 Å². The van der Waals surface area contributed by atoms with E-state index in [1.165, 1.54) is 21.7 Å². The molecule has 4 nitrogen and oxygen atoms in total. The van der Waals surface area contributed by atoms with E-state index in [0.717, 1.165) is 16.6 Å². The van der Waals surface area contributed by atoms with Gasteiger partial charge in [-0.05, 0) is 30.3 Å². The van der Waals surface area contributed by atoms with Gasteiger partial charge in [-0.3, -0.25) is 4.98 Å². The zero-order valence-corrected chi connectivity index (χ0v) is 11.5. The van der Waals surface area contributed by atoms with Gasteiger partial charge in [-0.25, -0.2) is 4.52 Å². The van der Waals surface area contributed by atoms with E-state index >= 15 is 0 Å². The van der Waals surface area contributed by atoms with Crippen LogP contribution in [0.5, 0.6) is 0 Å². The summed E-state index contributed by atoms with van der Waals surface area (Å²) < 4.78 is 4.12. The molecule has 21 heavy (non-hydrogen) atoms. The molecule has 0 saturated heterocycles. The second-order valence-electron chi connectivity index (χ2n) is 5.38. The standard InChI is InChI=1S/C17H12N4/c1-20-8-5-11-9-13-12-3-2-6-18-17(12)14-4-7-19-21(14)16(13)10-15(11)20/h2-10H,1H3. The summed E-state index contributed by atoms with van der Waals surface area (Å²) in [6, 6.07) is 12.7. The summed E-state index contributed by atoms with van der Waals surface area (Å²) in [7, 11) is 2.07. The Morgan fingerprint density at radius 1 is 0.905 bits per heavy atom. The number of fused-ring (bicyclic) bond motifs is 7. The molecule has 0 aliphatic rings. The Balaban J connectivity index is 2.19. The van der Waals surface area contributed by atoms with Crippen LogP contribution in [0.15, 0.2) is 55.0 Å². The van der Waals surface area contributed by atoms with Crippen LogP contribution >= 0.6 is 0 Å². The maximum absolute atomic E-state index is 4.55. The minimum Gasteiger partial charge on any atom is -0.350 e. The number of hydrogen-bond donors (Lipinski definition) is 0. The zero-order valence-electron chi connectivity index (χ0n) is 11.5. The second-order valence-corrected chi connectivity index (χ2v) is 5.38.